The van der Waals surface area contributed by atoms with Crippen LogP contribution in [0.15, 0.2) is 48.5 Å². The Labute approximate surface area is 160 Å². The van der Waals surface area contributed by atoms with E-state index in [1.165, 1.54) is 7.11 Å². The molecule has 0 radical (unpaired) electrons. The zero-order valence-corrected chi connectivity index (χ0v) is 16.3. The summed E-state index contributed by atoms with van der Waals surface area (Å²) in [4.78, 5) is 24.9. The minimum Gasteiger partial charge on any atom is -0.495 e. The largest absolute Gasteiger partial charge is 0.495 e. The number of aryl methyl sites for hydroxylation is 1. The molecule has 2 aromatic rings. The van der Waals surface area contributed by atoms with Crippen molar-refractivity contribution in [2.24, 2.45) is 5.92 Å². The van der Waals surface area contributed by atoms with Crippen molar-refractivity contribution < 1.29 is 19.1 Å². The van der Waals surface area contributed by atoms with Gasteiger partial charge in [0.1, 0.15) is 5.75 Å². The van der Waals surface area contributed by atoms with E-state index < -0.39 is 11.8 Å². The first-order valence-corrected chi connectivity index (χ1v) is 9.12. The number of amides is 1. The molecule has 5 heteroatoms. The highest BCUT2D eigenvalue weighted by Crippen LogP contribution is 2.28. The Morgan fingerprint density at radius 3 is 2.44 bits per heavy atom. The predicted molar refractivity (Wildman–Crippen MR) is 106 cm³/mol. The summed E-state index contributed by atoms with van der Waals surface area (Å²) in [6, 6.07) is 15.0. The lowest BCUT2D eigenvalue weighted by molar-refractivity contribution is -0.150. The van der Waals surface area contributed by atoms with Gasteiger partial charge in [0, 0.05) is 0 Å². The molecule has 2 atom stereocenters. The predicted octanol–water partition coefficient (Wildman–Crippen LogP) is 4.32. The molecule has 0 heterocycles. The Kier molecular flexibility index (Phi) is 7.41. The minimum atomic E-state index is -0.400. The molecule has 0 saturated heterocycles. The Balaban J connectivity index is 2.02. The maximum absolute atomic E-state index is 12.7. The van der Waals surface area contributed by atoms with E-state index in [0.717, 1.165) is 17.5 Å². The Hall–Kier alpha value is -2.82. The third kappa shape index (κ3) is 5.58. The van der Waals surface area contributed by atoms with Gasteiger partial charge in [-0.05, 0) is 36.1 Å². The van der Waals surface area contributed by atoms with E-state index in [4.69, 9.17) is 9.47 Å². The minimum absolute atomic E-state index is 0.111. The van der Waals surface area contributed by atoms with E-state index in [1.54, 1.807) is 6.07 Å². The molecule has 0 aliphatic heterocycles. The molecule has 0 aliphatic rings. The Morgan fingerprint density at radius 2 is 1.81 bits per heavy atom. The molecule has 0 fully saturated rings. The highest BCUT2D eigenvalue weighted by Gasteiger charge is 2.27. The number of methoxy groups -OCH3 is 1. The lowest BCUT2D eigenvalue weighted by Gasteiger charge is -2.21. The van der Waals surface area contributed by atoms with Gasteiger partial charge in [0.2, 0.25) is 0 Å². The second kappa shape index (κ2) is 9.76. The van der Waals surface area contributed by atoms with Crippen LogP contribution in [0.5, 0.6) is 5.75 Å². The van der Waals surface area contributed by atoms with Crippen LogP contribution >= 0.6 is 0 Å². The zero-order valence-electron chi connectivity index (χ0n) is 16.3. The van der Waals surface area contributed by atoms with Crippen molar-refractivity contribution in [3.8, 4) is 5.75 Å². The van der Waals surface area contributed by atoms with Gasteiger partial charge in [-0.1, -0.05) is 56.7 Å². The third-order valence-electron chi connectivity index (χ3n) is 4.60. The van der Waals surface area contributed by atoms with Gasteiger partial charge >= 0.3 is 5.97 Å². The fraction of sp³-hybridized carbons (Fsp3) is 0.364. The van der Waals surface area contributed by atoms with Crippen LogP contribution in [0.3, 0.4) is 0 Å². The number of benzene rings is 2. The number of carbonyl (C=O) groups excluding carboxylic acids is 2. The second-order valence-corrected chi connectivity index (χ2v) is 6.63. The van der Waals surface area contributed by atoms with Crippen LogP contribution in [0.25, 0.3) is 0 Å². The van der Waals surface area contributed by atoms with Crippen molar-refractivity contribution in [1.82, 2.24) is 0 Å². The maximum Gasteiger partial charge on any atom is 0.314 e. The topological polar surface area (TPSA) is 64.6 Å². The highest BCUT2D eigenvalue weighted by molar-refractivity contribution is 5.94. The first-order valence-electron chi connectivity index (χ1n) is 9.12. The van der Waals surface area contributed by atoms with Crippen LogP contribution in [0.4, 0.5) is 5.69 Å². The van der Waals surface area contributed by atoms with Crippen molar-refractivity contribution in [3.63, 3.8) is 0 Å². The summed E-state index contributed by atoms with van der Waals surface area (Å²) in [6.45, 7) is 5.63. The second-order valence-electron chi connectivity index (χ2n) is 6.63. The zero-order chi connectivity index (χ0) is 19.8. The monoisotopic (exact) mass is 369 g/mol. The molecule has 1 amide bonds. The van der Waals surface area contributed by atoms with E-state index in [-0.39, 0.29) is 18.5 Å². The van der Waals surface area contributed by atoms with Crippen molar-refractivity contribution in [2.45, 2.75) is 33.1 Å². The van der Waals surface area contributed by atoms with Gasteiger partial charge < -0.3 is 14.8 Å². The fourth-order valence-corrected chi connectivity index (χ4v) is 2.93. The van der Waals surface area contributed by atoms with E-state index >= 15 is 0 Å². The lowest BCUT2D eigenvalue weighted by Crippen LogP contribution is -2.27. The first-order chi connectivity index (χ1) is 13.0. The quantitative estimate of drug-likeness (QED) is 0.704. The third-order valence-corrected chi connectivity index (χ3v) is 4.60. The smallest absolute Gasteiger partial charge is 0.314 e. The molecule has 1 N–H and O–H groups in total. The summed E-state index contributed by atoms with van der Waals surface area (Å²) in [5.74, 6) is -0.510. The summed E-state index contributed by atoms with van der Waals surface area (Å²) in [6.07, 6.45) is 0.835. The molecule has 5 nitrogen and oxygen atoms in total. The van der Waals surface area contributed by atoms with E-state index in [0.29, 0.717) is 11.4 Å². The number of rotatable bonds is 8. The molecule has 0 saturated carbocycles. The summed E-state index contributed by atoms with van der Waals surface area (Å²) < 4.78 is 10.6. The normalized spacial score (nSPS) is 12.7. The van der Waals surface area contributed by atoms with Gasteiger partial charge in [0.15, 0.2) is 6.61 Å². The van der Waals surface area contributed by atoms with E-state index in [1.807, 2.05) is 63.2 Å². The molecule has 0 unspecified atom stereocenters. The number of esters is 1. The van der Waals surface area contributed by atoms with E-state index in [9.17, 15) is 9.59 Å². The van der Waals surface area contributed by atoms with Crippen LogP contribution in [0, 0.1) is 12.8 Å². The van der Waals surface area contributed by atoms with Gasteiger partial charge in [-0.15, -0.1) is 0 Å². The molecule has 144 valence electrons. The number of ether oxygens (including phenoxy) is 2. The van der Waals surface area contributed by atoms with Crippen molar-refractivity contribution in [1.29, 1.82) is 0 Å². The maximum atomic E-state index is 12.7. The fourth-order valence-electron chi connectivity index (χ4n) is 2.93. The summed E-state index contributed by atoms with van der Waals surface area (Å²) >= 11 is 0. The summed E-state index contributed by atoms with van der Waals surface area (Å²) in [7, 11) is 1.54. The van der Waals surface area contributed by atoms with Crippen LogP contribution in [-0.4, -0.2) is 25.6 Å². The molecule has 0 aromatic heterocycles. The van der Waals surface area contributed by atoms with Crippen molar-refractivity contribution >= 4 is 17.6 Å². The molecule has 0 aliphatic carbocycles. The van der Waals surface area contributed by atoms with Crippen LogP contribution in [-0.2, 0) is 14.3 Å². The number of hydrogen-bond acceptors (Lipinski definition) is 4. The highest BCUT2D eigenvalue weighted by atomic mass is 16.5. The van der Waals surface area contributed by atoms with Crippen LogP contribution in [0.1, 0.15) is 37.3 Å². The van der Waals surface area contributed by atoms with Crippen molar-refractivity contribution in [3.05, 3.63) is 59.7 Å². The standard InChI is InChI=1S/C22H27NO4/c1-5-16(3)21(17-9-7-6-8-10-17)22(25)27-14-20(24)23-18-13-15(2)11-12-19(18)26-4/h6-13,16,21H,5,14H2,1-4H3,(H,23,24)/t16-,21+/m1/s1. The molecule has 0 spiro atoms. The van der Waals surface area contributed by atoms with Crippen LogP contribution in [0.2, 0.25) is 0 Å². The van der Waals surface area contributed by atoms with Crippen molar-refractivity contribution in [2.75, 3.05) is 19.0 Å². The van der Waals surface area contributed by atoms with Gasteiger partial charge in [0.05, 0.1) is 18.7 Å². The number of nitrogens with one attached hydrogen (secondary N) is 1. The van der Waals surface area contributed by atoms with E-state index in [2.05, 4.69) is 5.32 Å². The SMILES string of the molecule is CC[C@@H](C)[C@H](C(=O)OCC(=O)Nc1cc(C)ccc1OC)c1ccccc1. The lowest BCUT2D eigenvalue weighted by atomic mass is 9.86. The molecular formula is C22H27NO4. The molecule has 2 rings (SSSR count). The average Bonchev–Trinajstić information content (AvgIpc) is 2.67. The molecule has 2 aromatic carbocycles. The first kappa shape index (κ1) is 20.5. The molecule has 0 bridgehead atoms. The average molecular weight is 369 g/mol. The van der Waals surface area contributed by atoms with Gasteiger partial charge in [-0.3, -0.25) is 9.59 Å². The summed E-state index contributed by atoms with van der Waals surface area (Å²) in [5, 5.41) is 2.74. The van der Waals surface area contributed by atoms with Gasteiger partial charge in [-0.25, -0.2) is 0 Å². The van der Waals surface area contributed by atoms with Crippen LogP contribution < -0.4 is 10.1 Å². The van der Waals surface area contributed by atoms with Gasteiger partial charge in [-0.2, -0.15) is 0 Å². The summed E-state index contributed by atoms with van der Waals surface area (Å²) in [5.41, 5.74) is 2.45. The number of carbonyl (C=O) groups is 2. The number of anilines is 1. The molecule has 27 heavy (non-hydrogen) atoms. The Morgan fingerprint density at radius 1 is 1.11 bits per heavy atom. The molecular weight excluding hydrogens is 342 g/mol. The Bertz CT molecular complexity index is 773. The number of hydrogen-bond donors (Lipinski definition) is 1. The van der Waals surface area contributed by atoms with Gasteiger partial charge in [0.25, 0.3) is 5.91 Å².